The van der Waals surface area contributed by atoms with Crippen molar-refractivity contribution in [2.75, 3.05) is 6.61 Å². The summed E-state index contributed by atoms with van der Waals surface area (Å²) >= 11 is 0. The maximum atomic E-state index is 12.3. The number of amides is 1. The van der Waals surface area contributed by atoms with Gasteiger partial charge in [-0.1, -0.05) is 31.2 Å². The van der Waals surface area contributed by atoms with E-state index < -0.39 is 0 Å². The third-order valence-electron chi connectivity index (χ3n) is 3.66. The smallest absolute Gasteiger partial charge is 0.251 e. The quantitative estimate of drug-likeness (QED) is 0.870. The van der Waals surface area contributed by atoms with Crippen LogP contribution in [-0.2, 0) is 6.42 Å². The molecule has 0 aliphatic rings. The van der Waals surface area contributed by atoms with Crippen LogP contribution in [0.25, 0.3) is 0 Å². The Hall–Kier alpha value is -2.29. The first kappa shape index (κ1) is 16.1. The lowest BCUT2D eigenvalue weighted by Gasteiger charge is -2.15. The average Bonchev–Trinajstić information content (AvgIpc) is 2.55. The Morgan fingerprint density at radius 3 is 2.23 bits per heavy atom. The lowest BCUT2D eigenvalue weighted by molar-refractivity contribution is 0.0940. The second-order valence-electron chi connectivity index (χ2n) is 5.25. The molecular formula is C19H23NO2. The van der Waals surface area contributed by atoms with Crippen LogP contribution in [0.2, 0.25) is 0 Å². The minimum Gasteiger partial charge on any atom is -0.494 e. The molecule has 0 fully saturated rings. The molecule has 0 aliphatic heterocycles. The summed E-state index contributed by atoms with van der Waals surface area (Å²) in [5.41, 5.74) is 3.05. The zero-order chi connectivity index (χ0) is 15.9. The minimum absolute atomic E-state index is 0.0232. The maximum absolute atomic E-state index is 12.3. The number of nitrogens with one attached hydrogen (secondary N) is 1. The summed E-state index contributed by atoms with van der Waals surface area (Å²) in [6.07, 6.45) is 1.02. The number of ether oxygens (including phenoxy) is 1. The largest absolute Gasteiger partial charge is 0.494 e. The summed E-state index contributed by atoms with van der Waals surface area (Å²) in [5.74, 6) is 0.706. The molecule has 2 rings (SSSR count). The summed E-state index contributed by atoms with van der Waals surface area (Å²) in [5, 5.41) is 3.02. The Balaban J connectivity index is 2.00. The molecule has 1 amide bonds. The summed E-state index contributed by atoms with van der Waals surface area (Å²) < 4.78 is 5.38. The van der Waals surface area contributed by atoms with Crippen LogP contribution in [0, 0.1) is 0 Å². The normalized spacial score (nSPS) is 11.8. The van der Waals surface area contributed by atoms with Gasteiger partial charge in [-0.05, 0) is 55.7 Å². The standard InChI is InChI=1S/C19H23NO2/c1-4-15-6-8-16(9-7-15)14(3)20-19(21)17-10-12-18(13-11-17)22-5-2/h6-14H,4-5H2,1-3H3,(H,20,21). The van der Waals surface area contributed by atoms with Crippen LogP contribution in [-0.4, -0.2) is 12.5 Å². The topological polar surface area (TPSA) is 38.3 Å². The molecular weight excluding hydrogens is 274 g/mol. The Morgan fingerprint density at radius 1 is 1.05 bits per heavy atom. The number of carbonyl (C=O) groups is 1. The van der Waals surface area contributed by atoms with Gasteiger partial charge in [-0.3, -0.25) is 4.79 Å². The Labute approximate surface area is 132 Å². The van der Waals surface area contributed by atoms with E-state index in [1.165, 1.54) is 5.56 Å². The Bertz CT molecular complexity index is 602. The highest BCUT2D eigenvalue weighted by Crippen LogP contribution is 2.16. The van der Waals surface area contributed by atoms with Crippen LogP contribution in [0.5, 0.6) is 5.75 Å². The van der Waals surface area contributed by atoms with Gasteiger partial charge in [0.2, 0.25) is 0 Å². The van der Waals surface area contributed by atoms with Gasteiger partial charge in [0, 0.05) is 5.56 Å². The molecule has 0 aromatic heterocycles. The van der Waals surface area contributed by atoms with E-state index in [4.69, 9.17) is 4.74 Å². The first-order chi connectivity index (χ1) is 10.6. The second-order valence-corrected chi connectivity index (χ2v) is 5.25. The summed E-state index contributed by atoms with van der Waals surface area (Å²) in [6, 6.07) is 15.5. The van der Waals surface area contributed by atoms with E-state index in [1.807, 2.05) is 26.0 Å². The molecule has 2 aromatic carbocycles. The molecule has 3 heteroatoms. The van der Waals surface area contributed by atoms with Gasteiger partial charge in [0.15, 0.2) is 0 Å². The van der Waals surface area contributed by atoms with E-state index in [0.29, 0.717) is 12.2 Å². The van der Waals surface area contributed by atoms with Gasteiger partial charge in [-0.25, -0.2) is 0 Å². The van der Waals surface area contributed by atoms with Crippen LogP contribution in [0.4, 0.5) is 0 Å². The molecule has 0 aliphatic carbocycles. The highest BCUT2D eigenvalue weighted by Gasteiger charge is 2.11. The highest BCUT2D eigenvalue weighted by molar-refractivity contribution is 5.94. The van der Waals surface area contributed by atoms with E-state index in [0.717, 1.165) is 17.7 Å². The average molecular weight is 297 g/mol. The number of benzene rings is 2. The molecule has 1 unspecified atom stereocenters. The van der Waals surface area contributed by atoms with Crippen molar-refractivity contribution in [2.45, 2.75) is 33.2 Å². The fourth-order valence-electron chi connectivity index (χ4n) is 2.27. The SMILES string of the molecule is CCOc1ccc(C(=O)NC(C)c2ccc(CC)cc2)cc1. The zero-order valence-electron chi connectivity index (χ0n) is 13.4. The van der Waals surface area contributed by atoms with Crippen molar-refractivity contribution in [1.82, 2.24) is 5.32 Å². The summed E-state index contributed by atoms with van der Waals surface area (Å²) in [7, 11) is 0. The van der Waals surface area contributed by atoms with Gasteiger partial charge in [-0.15, -0.1) is 0 Å². The number of aryl methyl sites for hydroxylation is 1. The van der Waals surface area contributed by atoms with Crippen LogP contribution in [0.1, 0.15) is 48.3 Å². The van der Waals surface area contributed by atoms with Crippen molar-refractivity contribution < 1.29 is 9.53 Å². The monoisotopic (exact) mass is 297 g/mol. The van der Waals surface area contributed by atoms with E-state index >= 15 is 0 Å². The van der Waals surface area contributed by atoms with Crippen LogP contribution < -0.4 is 10.1 Å². The highest BCUT2D eigenvalue weighted by atomic mass is 16.5. The van der Waals surface area contributed by atoms with Gasteiger partial charge >= 0.3 is 0 Å². The molecule has 3 nitrogen and oxygen atoms in total. The fraction of sp³-hybridized carbons (Fsp3) is 0.316. The molecule has 0 spiro atoms. The lowest BCUT2D eigenvalue weighted by atomic mass is 10.0. The van der Waals surface area contributed by atoms with Crippen molar-refractivity contribution in [3.63, 3.8) is 0 Å². The van der Waals surface area contributed by atoms with Crippen molar-refractivity contribution in [1.29, 1.82) is 0 Å². The Kier molecular flexibility index (Phi) is 5.59. The molecule has 0 saturated carbocycles. The first-order valence-electron chi connectivity index (χ1n) is 7.76. The Morgan fingerprint density at radius 2 is 1.68 bits per heavy atom. The van der Waals surface area contributed by atoms with E-state index in [2.05, 4.69) is 36.5 Å². The number of hydrogen-bond acceptors (Lipinski definition) is 2. The van der Waals surface area contributed by atoms with Gasteiger partial charge in [-0.2, -0.15) is 0 Å². The molecule has 2 aromatic rings. The van der Waals surface area contributed by atoms with E-state index in [-0.39, 0.29) is 11.9 Å². The third-order valence-corrected chi connectivity index (χ3v) is 3.66. The van der Waals surface area contributed by atoms with Crippen LogP contribution in [0.3, 0.4) is 0 Å². The minimum atomic E-state index is -0.0740. The summed E-state index contributed by atoms with van der Waals surface area (Å²) in [6.45, 7) is 6.68. The number of carbonyl (C=O) groups excluding carboxylic acids is 1. The predicted molar refractivity (Wildman–Crippen MR) is 89.3 cm³/mol. The summed E-state index contributed by atoms with van der Waals surface area (Å²) in [4.78, 5) is 12.3. The third kappa shape index (κ3) is 4.10. The van der Waals surface area contributed by atoms with E-state index in [9.17, 15) is 4.79 Å². The van der Waals surface area contributed by atoms with Crippen molar-refractivity contribution in [3.05, 3.63) is 65.2 Å². The van der Waals surface area contributed by atoms with Crippen molar-refractivity contribution >= 4 is 5.91 Å². The molecule has 0 bridgehead atoms. The maximum Gasteiger partial charge on any atom is 0.251 e. The lowest BCUT2D eigenvalue weighted by Crippen LogP contribution is -2.26. The van der Waals surface area contributed by atoms with Crippen LogP contribution >= 0.6 is 0 Å². The van der Waals surface area contributed by atoms with Gasteiger partial charge < -0.3 is 10.1 Å². The van der Waals surface area contributed by atoms with Crippen LogP contribution in [0.15, 0.2) is 48.5 Å². The second kappa shape index (κ2) is 7.64. The molecule has 0 heterocycles. The van der Waals surface area contributed by atoms with Gasteiger partial charge in [0.1, 0.15) is 5.75 Å². The fourth-order valence-corrected chi connectivity index (χ4v) is 2.27. The number of hydrogen-bond donors (Lipinski definition) is 1. The molecule has 1 N–H and O–H groups in total. The molecule has 1 atom stereocenters. The molecule has 0 saturated heterocycles. The van der Waals surface area contributed by atoms with E-state index in [1.54, 1.807) is 12.1 Å². The zero-order valence-corrected chi connectivity index (χ0v) is 13.4. The predicted octanol–water partition coefficient (Wildman–Crippen LogP) is 4.14. The first-order valence-corrected chi connectivity index (χ1v) is 7.76. The molecule has 0 radical (unpaired) electrons. The van der Waals surface area contributed by atoms with Gasteiger partial charge in [0.25, 0.3) is 5.91 Å². The van der Waals surface area contributed by atoms with Gasteiger partial charge in [0.05, 0.1) is 12.6 Å². The van der Waals surface area contributed by atoms with Crippen molar-refractivity contribution in [3.8, 4) is 5.75 Å². The molecule has 116 valence electrons. The number of rotatable bonds is 6. The molecule has 22 heavy (non-hydrogen) atoms. The van der Waals surface area contributed by atoms with Crippen molar-refractivity contribution in [2.24, 2.45) is 0 Å².